The van der Waals surface area contributed by atoms with Crippen LogP contribution in [0.3, 0.4) is 0 Å². The molecule has 2 rings (SSSR count). The van der Waals surface area contributed by atoms with Crippen molar-refractivity contribution in [2.45, 2.75) is 25.3 Å². The Morgan fingerprint density at radius 1 is 1.40 bits per heavy atom. The summed E-state index contributed by atoms with van der Waals surface area (Å²) in [7, 11) is 0. The first-order valence-corrected chi connectivity index (χ1v) is 6.18. The standard InChI is InChI=1S/C12H14INO/c1-8-6-11(12(7-15)14-8)9-2-4-10(13)5-3-9/h2-5,11-12,15H,6-7H2,1H3/t11-,12-/m1/s1. The Labute approximate surface area is 104 Å². The average molecular weight is 315 g/mol. The highest BCUT2D eigenvalue weighted by atomic mass is 127. The number of aliphatic hydroxyl groups excluding tert-OH is 1. The van der Waals surface area contributed by atoms with Gasteiger partial charge >= 0.3 is 0 Å². The lowest BCUT2D eigenvalue weighted by molar-refractivity contribution is 0.256. The summed E-state index contributed by atoms with van der Waals surface area (Å²) in [4.78, 5) is 4.45. The zero-order valence-corrected chi connectivity index (χ0v) is 10.8. The van der Waals surface area contributed by atoms with E-state index in [1.54, 1.807) is 0 Å². The zero-order valence-electron chi connectivity index (χ0n) is 8.65. The molecule has 1 aromatic carbocycles. The summed E-state index contributed by atoms with van der Waals surface area (Å²) < 4.78 is 1.24. The van der Waals surface area contributed by atoms with Gasteiger partial charge in [-0.2, -0.15) is 0 Å². The van der Waals surface area contributed by atoms with E-state index in [1.807, 2.05) is 6.92 Å². The summed E-state index contributed by atoms with van der Waals surface area (Å²) in [6.45, 7) is 2.18. The lowest BCUT2D eigenvalue weighted by atomic mass is 9.91. The molecule has 15 heavy (non-hydrogen) atoms. The van der Waals surface area contributed by atoms with Gasteiger partial charge in [-0.3, -0.25) is 4.99 Å². The van der Waals surface area contributed by atoms with E-state index in [1.165, 1.54) is 9.13 Å². The van der Waals surface area contributed by atoms with E-state index in [-0.39, 0.29) is 12.6 Å². The van der Waals surface area contributed by atoms with Crippen molar-refractivity contribution < 1.29 is 5.11 Å². The molecule has 0 spiro atoms. The second kappa shape index (κ2) is 4.61. The fourth-order valence-corrected chi connectivity index (χ4v) is 2.46. The Morgan fingerprint density at radius 2 is 2.07 bits per heavy atom. The third-order valence-electron chi connectivity index (χ3n) is 2.85. The van der Waals surface area contributed by atoms with Crippen molar-refractivity contribution in [1.82, 2.24) is 0 Å². The van der Waals surface area contributed by atoms with Crippen molar-refractivity contribution in [1.29, 1.82) is 0 Å². The van der Waals surface area contributed by atoms with Crippen molar-refractivity contribution in [3.63, 3.8) is 0 Å². The molecule has 0 unspecified atom stereocenters. The smallest absolute Gasteiger partial charge is 0.0801 e. The predicted molar refractivity (Wildman–Crippen MR) is 70.5 cm³/mol. The maximum Gasteiger partial charge on any atom is 0.0801 e. The Morgan fingerprint density at radius 3 is 2.67 bits per heavy atom. The second-order valence-electron chi connectivity index (χ2n) is 3.98. The number of hydrogen-bond acceptors (Lipinski definition) is 2. The van der Waals surface area contributed by atoms with Crippen LogP contribution in [0.15, 0.2) is 29.3 Å². The first-order chi connectivity index (χ1) is 7.20. The van der Waals surface area contributed by atoms with Crippen LogP contribution >= 0.6 is 22.6 Å². The van der Waals surface area contributed by atoms with Crippen molar-refractivity contribution in [3.05, 3.63) is 33.4 Å². The van der Waals surface area contributed by atoms with Crippen molar-refractivity contribution in [2.75, 3.05) is 6.61 Å². The summed E-state index contributed by atoms with van der Waals surface area (Å²) >= 11 is 2.30. The highest BCUT2D eigenvalue weighted by Crippen LogP contribution is 2.31. The first-order valence-electron chi connectivity index (χ1n) is 5.10. The van der Waals surface area contributed by atoms with Crippen molar-refractivity contribution >= 4 is 28.3 Å². The van der Waals surface area contributed by atoms with E-state index in [9.17, 15) is 5.11 Å². The number of aliphatic hydroxyl groups is 1. The van der Waals surface area contributed by atoms with Crippen LogP contribution in [0.5, 0.6) is 0 Å². The van der Waals surface area contributed by atoms with E-state index >= 15 is 0 Å². The predicted octanol–water partition coefficient (Wildman–Crippen LogP) is 2.60. The van der Waals surface area contributed by atoms with Gasteiger partial charge in [0.25, 0.3) is 0 Å². The highest BCUT2D eigenvalue weighted by Gasteiger charge is 2.27. The van der Waals surface area contributed by atoms with Crippen LogP contribution in [0.25, 0.3) is 0 Å². The fraction of sp³-hybridized carbons (Fsp3) is 0.417. The third-order valence-corrected chi connectivity index (χ3v) is 3.57. The Kier molecular flexibility index (Phi) is 3.41. The molecule has 0 amide bonds. The monoisotopic (exact) mass is 315 g/mol. The van der Waals surface area contributed by atoms with Gasteiger partial charge in [-0.25, -0.2) is 0 Å². The Balaban J connectivity index is 2.21. The van der Waals surface area contributed by atoms with Gasteiger partial charge in [-0.05, 0) is 53.6 Å². The molecule has 0 aliphatic carbocycles. The molecule has 0 bridgehead atoms. The normalized spacial score (nSPS) is 25.4. The van der Waals surface area contributed by atoms with E-state index < -0.39 is 0 Å². The molecule has 1 aliphatic heterocycles. The molecule has 0 saturated carbocycles. The van der Waals surface area contributed by atoms with Crippen LogP contribution in [0, 0.1) is 3.57 Å². The lowest BCUT2D eigenvalue weighted by Crippen LogP contribution is -2.16. The molecule has 1 aliphatic rings. The SMILES string of the molecule is CC1=N[C@H](CO)[C@@H](c2ccc(I)cc2)C1. The first kappa shape index (κ1) is 11.1. The molecule has 1 heterocycles. The van der Waals surface area contributed by atoms with Gasteiger partial charge in [0.15, 0.2) is 0 Å². The third kappa shape index (κ3) is 2.39. The number of benzene rings is 1. The minimum atomic E-state index is 0.0602. The zero-order chi connectivity index (χ0) is 10.8. The topological polar surface area (TPSA) is 32.6 Å². The maximum atomic E-state index is 9.26. The molecule has 0 aromatic heterocycles. The summed E-state index contributed by atoms with van der Waals surface area (Å²) in [6, 6.07) is 8.56. The molecule has 1 N–H and O–H groups in total. The average Bonchev–Trinajstić information content (AvgIpc) is 2.61. The maximum absolute atomic E-state index is 9.26. The number of rotatable bonds is 2. The van der Waals surface area contributed by atoms with Crippen LogP contribution in [-0.4, -0.2) is 23.5 Å². The molecule has 3 heteroatoms. The van der Waals surface area contributed by atoms with Gasteiger partial charge in [0.1, 0.15) is 0 Å². The van der Waals surface area contributed by atoms with E-state index in [0.717, 1.165) is 12.1 Å². The summed E-state index contributed by atoms with van der Waals surface area (Å²) in [5, 5.41) is 9.26. The largest absolute Gasteiger partial charge is 0.394 e. The molecule has 0 radical (unpaired) electrons. The Hall–Kier alpha value is -0.420. The van der Waals surface area contributed by atoms with Gasteiger partial charge in [0.05, 0.1) is 12.6 Å². The van der Waals surface area contributed by atoms with E-state index in [2.05, 4.69) is 51.8 Å². The molecular formula is C12H14INO. The quantitative estimate of drug-likeness (QED) is 0.836. The molecular weight excluding hydrogens is 301 g/mol. The van der Waals surface area contributed by atoms with Crippen molar-refractivity contribution in [3.8, 4) is 0 Å². The van der Waals surface area contributed by atoms with Gasteiger partial charge < -0.3 is 5.11 Å². The van der Waals surface area contributed by atoms with Crippen LogP contribution in [0.4, 0.5) is 0 Å². The van der Waals surface area contributed by atoms with Crippen LogP contribution < -0.4 is 0 Å². The number of aliphatic imine (C=N–C) groups is 1. The summed E-state index contributed by atoms with van der Waals surface area (Å²) in [5.41, 5.74) is 2.44. The second-order valence-corrected chi connectivity index (χ2v) is 5.22. The summed E-state index contributed by atoms with van der Waals surface area (Å²) in [5.74, 6) is 0.368. The molecule has 0 fully saturated rings. The van der Waals surface area contributed by atoms with Gasteiger partial charge in [0.2, 0.25) is 0 Å². The highest BCUT2D eigenvalue weighted by molar-refractivity contribution is 14.1. The van der Waals surface area contributed by atoms with Crippen LogP contribution in [-0.2, 0) is 0 Å². The minimum absolute atomic E-state index is 0.0602. The van der Waals surface area contributed by atoms with Crippen molar-refractivity contribution in [2.24, 2.45) is 4.99 Å². The van der Waals surface area contributed by atoms with Gasteiger partial charge in [-0.1, -0.05) is 12.1 Å². The number of halogens is 1. The molecule has 2 atom stereocenters. The molecule has 0 saturated heterocycles. The lowest BCUT2D eigenvalue weighted by Gasteiger charge is -2.16. The van der Waals surface area contributed by atoms with Gasteiger partial charge in [0, 0.05) is 15.2 Å². The Bertz CT molecular complexity index is 372. The fourth-order valence-electron chi connectivity index (χ4n) is 2.10. The van der Waals surface area contributed by atoms with Crippen LogP contribution in [0.1, 0.15) is 24.8 Å². The molecule has 2 nitrogen and oxygen atoms in total. The molecule has 1 aromatic rings. The van der Waals surface area contributed by atoms with Crippen LogP contribution in [0.2, 0.25) is 0 Å². The van der Waals surface area contributed by atoms with E-state index in [4.69, 9.17) is 0 Å². The van der Waals surface area contributed by atoms with Gasteiger partial charge in [-0.15, -0.1) is 0 Å². The van der Waals surface area contributed by atoms with E-state index in [0.29, 0.717) is 5.92 Å². The molecule has 80 valence electrons. The number of nitrogens with zero attached hydrogens (tertiary/aromatic N) is 1. The minimum Gasteiger partial charge on any atom is -0.394 e. The number of hydrogen-bond donors (Lipinski definition) is 1. The summed E-state index contributed by atoms with van der Waals surface area (Å²) in [6.07, 6.45) is 0.978.